The fraction of sp³-hybridized carbons (Fsp3) is 0.0909. The van der Waals surface area contributed by atoms with Gasteiger partial charge < -0.3 is 15.3 Å². The van der Waals surface area contributed by atoms with Gasteiger partial charge in [0.1, 0.15) is 17.7 Å². The summed E-state index contributed by atoms with van der Waals surface area (Å²) < 4.78 is 18.2. The molecule has 5 heteroatoms. The van der Waals surface area contributed by atoms with Gasteiger partial charge in [-0.2, -0.15) is 0 Å². The number of hydrogen-bond donors (Lipinski definition) is 2. The molecule has 1 atom stereocenters. The fourth-order valence-corrected chi connectivity index (χ4v) is 1.57. The summed E-state index contributed by atoms with van der Waals surface area (Å²) >= 11 is 5.58. The number of nitrogens with two attached hydrogens (primary N) is 1. The number of furan rings is 1. The number of para-hydroxylation sites is 1. The molecule has 0 saturated carbocycles. The van der Waals surface area contributed by atoms with Crippen LogP contribution in [0, 0.1) is 5.82 Å². The average Bonchev–Trinajstić information content (AvgIpc) is 2.68. The third kappa shape index (κ3) is 1.89. The molecule has 0 aliphatic heterocycles. The van der Waals surface area contributed by atoms with E-state index in [1.54, 1.807) is 0 Å². The fourth-order valence-electron chi connectivity index (χ4n) is 1.42. The van der Waals surface area contributed by atoms with Gasteiger partial charge >= 0.3 is 0 Å². The molecule has 0 bridgehead atoms. The zero-order valence-corrected chi connectivity index (χ0v) is 8.91. The monoisotopic (exact) mass is 241 g/mol. The van der Waals surface area contributed by atoms with Crippen molar-refractivity contribution < 1.29 is 13.9 Å². The summed E-state index contributed by atoms with van der Waals surface area (Å²) in [7, 11) is 0. The van der Waals surface area contributed by atoms with Gasteiger partial charge in [-0.3, -0.25) is 0 Å². The summed E-state index contributed by atoms with van der Waals surface area (Å²) in [5, 5.41) is 10.1. The van der Waals surface area contributed by atoms with Crippen molar-refractivity contribution in [2.45, 2.75) is 6.10 Å². The van der Waals surface area contributed by atoms with Gasteiger partial charge in [-0.1, -0.05) is 12.1 Å². The van der Waals surface area contributed by atoms with Crippen LogP contribution in [0.5, 0.6) is 0 Å². The highest BCUT2D eigenvalue weighted by Crippen LogP contribution is 2.30. The van der Waals surface area contributed by atoms with Crippen LogP contribution in [0.1, 0.15) is 17.4 Å². The minimum atomic E-state index is -1.12. The molecule has 16 heavy (non-hydrogen) atoms. The Morgan fingerprint density at radius 3 is 2.69 bits per heavy atom. The highest BCUT2D eigenvalue weighted by Gasteiger charge is 2.18. The van der Waals surface area contributed by atoms with Crippen LogP contribution in [0.4, 0.5) is 10.1 Å². The molecule has 3 N–H and O–H groups in total. The van der Waals surface area contributed by atoms with Crippen LogP contribution in [0.3, 0.4) is 0 Å². The summed E-state index contributed by atoms with van der Waals surface area (Å²) in [6, 6.07) is 7.22. The summed E-state index contributed by atoms with van der Waals surface area (Å²) in [6.07, 6.45) is -1.12. The third-order valence-corrected chi connectivity index (χ3v) is 2.45. The van der Waals surface area contributed by atoms with Gasteiger partial charge in [-0.05, 0) is 29.8 Å². The van der Waals surface area contributed by atoms with Crippen LogP contribution in [0.2, 0.25) is 5.22 Å². The number of halogens is 2. The molecular weight excluding hydrogens is 233 g/mol. The Morgan fingerprint density at radius 1 is 1.31 bits per heavy atom. The molecule has 84 valence electrons. The van der Waals surface area contributed by atoms with Gasteiger partial charge in [0.25, 0.3) is 0 Å². The van der Waals surface area contributed by atoms with Gasteiger partial charge in [0.2, 0.25) is 0 Å². The Bertz CT molecular complexity index is 512. The van der Waals surface area contributed by atoms with Crippen LogP contribution in [0.15, 0.2) is 34.7 Å². The molecule has 2 aromatic rings. The second kappa shape index (κ2) is 4.15. The molecule has 0 amide bonds. The van der Waals surface area contributed by atoms with Crippen molar-refractivity contribution >= 4 is 17.3 Å². The Hall–Kier alpha value is -1.52. The van der Waals surface area contributed by atoms with E-state index in [-0.39, 0.29) is 22.2 Å². The SMILES string of the molecule is Nc1c(F)cccc1C(O)c1ccc(Cl)o1. The molecule has 0 spiro atoms. The highest BCUT2D eigenvalue weighted by atomic mass is 35.5. The normalized spacial score (nSPS) is 12.7. The average molecular weight is 242 g/mol. The number of benzene rings is 1. The van der Waals surface area contributed by atoms with Crippen molar-refractivity contribution in [1.82, 2.24) is 0 Å². The Morgan fingerprint density at radius 2 is 2.06 bits per heavy atom. The molecule has 0 aliphatic rings. The lowest BCUT2D eigenvalue weighted by Crippen LogP contribution is -2.04. The van der Waals surface area contributed by atoms with E-state index in [1.807, 2.05) is 0 Å². The summed E-state index contributed by atoms with van der Waals surface area (Å²) in [6.45, 7) is 0. The largest absolute Gasteiger partial charge is 0.447 e. The molecule has 0 aliphatic carbocycles. The van der Waals surface area contributed by atoms with Gasteiger partial charge in [0, 0.05) is 5.56 Å². The molecule has 1 unspecified atom stereocenters. The van der Waals surface area contributed by atoms with E-state index in [9.17, 15) is 9.50 Å². The Labute approximate surface area is 96.3 Å². The third-order valence-electron chi connectivity index (χ3n) is 2.24. The van der Waals surface area contributed by atoms with E-state index in [0.717, 1.165) is 0 Å². The topological polar surface area (TPSA) is 59.4 Å². The minimum Gasteiger partial charge on any atom is -0.447 e. The molecule has 0 saturated heterocycles. The number of aliphatic hydroxyl groups is 1. The summed E-state index contributed by atoms with van der Waals surface area (Å²) in [5.74, 6) is -0.350. The smallest absolute Gasteiger partial charge is 0.193 e. The standard InChI is InChI=1S/C11H9ClFNO2/c12-9-5-4-8(16-9)11(15)6-2-1-3-7(13)10(6)14/h1-5,11,15H,14H2. The van der Waals surface area contributed by atoms with Crippen LogP contribution < -0.4 is 5.73 Å². The summed E-state index contributed by atoms with van der Waals surface area (Å²) in [5.41, 5.74) is 5.68. The van der Waals surface area contributed by atoms with Gasteiger partial charge in [0.05, 0.1) is 5.69 Å². The van der Waals surface area contributed by atoms with Crippen molar-refractivity contribution in [2.75, 3.05) is 5.73 Å². The van der Waals surface area contributed by atoms with Crippen LogP contribution in [0.25, 0.3) is 0 Å². The second-order valence-corrected chi connectivity index (χ2v) is 3.66. The Balaban J connectivity index is 2.41. The number of nitrogen functional groups attached to an aromatic ring is 1. The predicted molar refractivity (Wildman–Crippen MR) is 58.6 cm³/mol. The second-order valence-electron chi connectivity index (χ2n) is 3.29. The van der Waals surface area contributed by atoms with Crippen molar-refractivity contribution in [3.05, 3.63) is 52.7 Å². The molecule has 1 aromatic heterocycles. The van der Waals surface area contributed by atoms with E-state index in [0.29, 0.717) is 0 Å². The van der Waals surface area contributed by atoms with E-state index < -0.39 is 11.9 Å². The zero-order chi connectivity index (χ0) is 11.7. The van der Waals surface area contributed by atoms with Crippen LogP contribution in [-0.2, 0) is 0 Å². The van der Waals surface area contributed by atoms with Crippen molar-refractivity contribution in [2.24, 2.45) is 0 Å². The maximum absolute atomic E-state index is 13.2. The lowest BCUT2D eigenvalue weighted by molar-refractivity contribution is 0.190. The lowest BCUT2D eigenvalue weighted by atomic mass is 10.1. The van der Waals surface area contributed by atoms with Crippen molar-refractivity contribution in [3.63, 3.8) is 0 Å². The maximum Gasteiger partial charge on any atom is 0.193 e. The zero-order valence-electron chi connectivity index (χ0n) is 8.15. The molecule has 0 fully saturated rings. The molecule has 1 heterocycles. The van der Waals surface area contributed by atoms with Crippen molar-refractivity contribution in [3.8, 4) is 0 Å². The molecule has 2 rings (SSSR count). The first-order valence-corrected chi connectivity index (χ1v) is 4.94. The van der Waals surface area contributed by atoms with E-state index >= 15 is 0 Å². The maximum atomic E-state index is 13.2. The van der Waals surface area contributed by atoms with Gasteiger partial charge in [-0.15, -0.1) is 0 Å². The number of anilines is 1. The molecular formula is C11H9ClFNO2. The first-order valence-electron chi connectivity index (χ1n) is 4.57. The first kappa shape index (κ1) is 11.0. The number of rotatable bonds is 2. The highest BCUT2D eigenvalue weighted by molar-refractivity contribution is 6.28. The minimum absolute atomic E-state index is 0.0949. The van der Waals surface area contributed by atoms with E-state index in [4.69, 9.17) is 21.8 Å². The molecule has 3 nitrogen and oxygen atoms in total. The van der Waals surface area contributed by atoms with Gasteiger partial charge in [0.15, 0.2) is 5.22 Å². The first-order chi connectivity index (χ1) is 7.59. The molecule has 1 aromatic carbocycles. The summed E-state index contributed by atoms with van der Waals surface area (Å²) in [4.78, 5) is 0. The quantitative estimate of drug-likeness (QED) is 0.795. The molecule has 0 radical (unpaired) electrons. The van der Waals surface area contributed by atoms with Gasteiger partial charge in [-0.25, -0.2) is 4.39 Å². The van der Waals surface area contributed by atoms with E-state index in [2.05, 4.69) is 0 Å². The lowest BCUT2D eigenvalue weighted by Gasteiger charge is -2.11. The van der Waals surface area contributed by atoms with E-state index in [1.165, 1.54) is 30.3 Å². The van der Waals surface area contributed by atoms with Crippen LogP contribution in [-0.4, -0.2) is 5.11 Å². The van der Waals surface area contributed by atoms with Crippen LogP contribution >= 0.6 is 11.6 Å². The number of hydrogen-bond acceptors (Lipinski definition) is 3. The Kier molecular flexibility index (Phi) is 2.85. The number of aliphatic hydroxyl groups excluding tert-OH is 1. The van der Waals surface area contributed by atoms with Crippen molar-refractivity contribution in [1.29, 1.82) is 0 Å². The predicted octanol–water partition coefficient (Wildman–Crippen LogP) is 2.74.